The Bertz CT molecular complexity index is 361. The molecule has 0 saturated heterocycles. The van der Waals surface area contributed by atoms with E-state index in [0.717, 1.165) is 17.9 Å². The molecule has 104 valence electrons. The Morgan fingerprint density at radius 3 is 2.47 bits per heavy atom. The molecular formula is C18H27N. The van der Waals surface area contributed by atoms with Crippen LogP contribution in [-0.2, 0) is 0 Å². The summed E-state index contributed by atoms with van der Waals surface area (Å²) in [4.78, 5) is 0. The van der Waals surface area contributed by atoms with Crippen LogP contribution in [0.25, 0.3) is 0 Å². The smallest absolute Gasteiger partial charge is 0.00787 e. The first-order valence-electron chi connectivity index (χ1n) is 8.20. The minimum Gasteiger partial charge on any atom is -0.314 e. The zero-order valence-electron chi connectivity index (χ0n) is 12.0. The molecule has 3 rings (SSSR count). The van der Waals surface area contributed by atoms with Gasteiger partial charge < -0.3 is 5.32 Å². The average Bonchev–Trinajstić information content (AvgIpc) is 2.90. The number of hydrogen-bond donors (Lipinski definition) is 1. The SMILES string of the molecule is c1ccc(C2CC(NCCCC3CCCC3)C2)cc1. The van der Waals surface area contributed by atoms with Crippen LogP contribution >= 0.6 is 0 Å². The maximum absolute atomic E-state index is 3.74. The molecule has 0 aromatic heterocycles. The van der Waals surface area contributed by atoms with Gasteiger partial charge in [-0.2, -0.15) is 0 Å². The van der Waals surface area contributed by atoms with Gasteiger partial charge in [-0.15, -0.1) is 0 Å². The highest BCUT2D eigenvalue weighted by Crippen LogP contribution is 2.36. The minimum absolute atomic E-state index is 0.786. The summed E-state index contributed by atoms with van der Waals surface area (Å²) < 4.78 is 0. The summed E-state index contributed by atoms with van der Waals surface area (Å²) in [6.45, 7) is 1.24. The van der Waals surface area contributed by atoms with E-state index in [0.29, 0.717) is 0 Å². The van der Waals surface area contributed by atoms with E-state index in [2.05, 4.69) is 35.6 Å². The fraction of sp³-hybridized carbons (Fsp3) is 0.667. The molecule has 2 aliphatic carbocycles. The molecule has 1 aromatic rings. The lowest BCUT2D eigenvalue weighted by Crippen LogP contribution is -2.40. The molecule has 1 N–H and O–H groups in total. The molecule has 19 heavy (non-hydrogen) atoms. The van der Waals surface area contributed by atoms with Gasteiger partial charge in [0, 0.05) is 6.04 Å². The summed E-state index contributed by atoms with van der Waals surface area (Å²) in [7, 11) is 0. The maximum Gasteiger partial charge on any atom is 0.00787 e. The quantitative estimate of drug-likeness (QED) is 0.740. The molecule has 1 heteroatoms. The normalized spacial score (nSPS) is 27.4. The van der Waals surface area contributed by atoms with Crippen LogP contribution in [0.4, 0.5) is 0 Å². The lowest BCUT2D eigenvalue weighted by molar-refractivity contribution is 0.287. The fourth-order valence-electron chi connectivity index (χ4n) is 3.78. The van der Waals surface area contributed by atoms with E-state index >= 15 is 0 Å². The maximum atomic E-state index is 3.74. The monoisotopic (exact) mass is 257 g/mol. The van der Waals surface area contributed by atoms with Crippen molar-refractivity contribution in [2.75, 3.05) is 6.54 Å². The van der Waals surface area contributed by atoms with Crippen LogP contribution in [0.2, 0.25) is 0 Å². The molecule has 1 nitrogen and oxygen atoms in total. The second kappa shape index (κ2) is 6.56. The number of benzene rings is 1. The Hall–Kier alpha value is -0.820. The predicted octanol–water partition coefficient (Wildman–Crippen LogP) is 4.49. The van der Waals surface area contributed by atoms with Gasteiger partial charge in [-0.3, -0.25) is 0 Å². The summed E-state index contributed by atoms with van der Waals surface area (Å²) >= 11 is 0. The van der Waals surface area contributed by atoms with Crippen LogP contribution in [0, 0.1) is 5.92 Å². The molecule has 0 radical (unpaired) electrons. The Morgan fingerprint density at radius 1 is 1.00 bits per heavy atom. The standard InChI is InChI=1S/C18H27N/c1-2-10-16(11-3-1)17-13-18(14-17)19-12-6-9-15-7-4-5-8-15/h1-3,10-11,15,17-19H,4-9,12-14H2. The number of hydrogen-bond acceptors (Lipinski definition) is 1. The summed E-state index contributed by atoms with van der Waals surface area (Å²) in [5.41, 5.74) is 1.53. The van der Waals surface area contributed by atoms with Gasteiger partial charge in [0.15, 0.2) is 0 Å². The fourth-order valence-corrected chi connectivity index (χ4v) is 3.78. The molecule has 0 spiro atoms. The Kier molecular flexibility index (Phi) is 4.55. The van der Waals surface area contributed by atoms with Crippen LogP contribution in [0.3, 0.4) is 0 Å². The second-order valence-corrected chi connectivity index (χ2v) is 6.52. The van der Waals surface area contributed by atoms with E-state index < -0.39 is 0 Å². The van der Waals surface area contributed by atoms with Crippen molar-refractivity contribution < 1.29 is 0 Å². The highest BCUT2D eigenvalue weighted by Gasteiger charge is 2.29. The van der Waals surface area contributed by atoms with Gasteiger partial charge in [-0.1, -0.05) is 56.0 Å². The van der Waals surface area contributed by atoms with Crippen molar-refractivity contribution in [3.8, 4) is 0 Å². The molecule has 0 heterocycles. The first-order valence-corrected chi connectivity index (χ1v) is 8.20. The van der Waals surface area contributed by atoms with Crippen LogP contribution in [0.15, 0.2) is 30.3 Å². The molecule has 2 aliphatic rings. The van der Waals surface area contributed by atoms with Gasteiger partial charge in [0.2, 0.25) is 0 Å². The second-order valence-electron chi connectivity index (χ2n) is 6.52. The van der Waals surface area contributed by atoms with Gasteiger partial charge in [0.1, 0.15) is 0 Å². The molecule has 0 bridgehead atoms. The van der Waals surface area contributed by atoms with Crippen LogP contribution in [-0.4, -0.2) is 12.6 Å². The van der Waals surface area contributed by atoms with Crippen molar-refractivity contribution in [2.24, 2.45) is 5.92 Å². The lowest BCUT2D eigenvalue weighted by atomic mass is 9.76. The van der Waals surface area contributed by atoms with Crippen molar-refractivity contribution in [3.05, 3.63) is 35.9 Å². The third-order valence-electron chi connectivity index (χ3n) is 5.11. The molecular weight excluding hydrogens is 230 g/mol. The van der Waals surface area contributed by atoms with Gasteiger partial charge >= 0.3 is 0 Å². The van der Waals surface area contributed by atoms with Crippen molar-refractivity contribution in [1.29, 1.82) is 0 Å². The predicted molar refractivity (Wildman–Crippen MR) is 81.4 cm³/mol. The number of nitrogens with one attached hydrogen (secondary N) is 1. The summed E-state index contributed by atoms with van der Waals surface area (Å²) in [6, 6.07) is 11.8. The number of rotatable bonds is 6. The topological polar surface area (TPSA) is 12.0 Å². The highest BCUT2D eigenvalue weighted by atomic mass is 14.9. The minimum atomic E-state index is 0.786. The summed E-state index contributed by atoms with van der Waals surface area (Å²) in [6.07, 6.45) is 11.5. The first-order chi connectivity index (χ1) is 9.42. The van der Waals surface area contributed by atoms with Gasteiger partial charge in [-0.05, 0) is 49.6 Å². The zero-order valence-corrected chi connectivity index (χ0v) is 12.0. The molecule has 2 fully saturated rings. The zero-order chi connectivity index (χ0) is 12.9. The molecule has 0 aliphatic heterocycles. The van der Waals surface area contributed by atoms with Crippen LogP contribution in [0.5, 0.6) is 0 Å². The lowest BCUT2D eigenvalue weighted by Gasteiger charge is -2.36. The Labute approximate surface area is 117 Å². The first kappa shape index (κ1) is 13.2. The molecule has 1 aromatic carbocycles. The van der Waals surface area contributed by atoms with E-state index in [1.807, 2.05) is 0 Å². The van der Waals surface area contributed by atoms with Crippen molar-refractivity contribution in [1.82, 2.24) is 5.32 Å². The summed E-state index contributed by atoms with van der Waals surface area (Å²) in [5.74, 6) is 1.87. The molecule has 0 amide bonds. The molecule has 0 unspecified atom stereocenters. The van der Waals surface area contributed by atoms with E-state index in [4.69, 9.17) is 0 Å². The van der Waals surface area contributed by atoms with Crippen molar-refractivity contribution in [3.63, 3.8) is 0 Å². The third kappa shape index (κ3) is 3.60. The van der Waals surface area contributed by atoms with Gasteiger partial charge in [-0.25, -0.2) is 0 Å². The highest BCUT2D eigenvalue weighted by molar-refractivity contribution is 5.22. The molecule has 0 atom stereocenters. The van der Waals surface area contributed by atoms with E-state index in [-0.39, 0.29) is 0 Å². The van der Waals surface area contributed by atoms with E-state index in [1.54, 1.807) is 0 Å². The third-order valence-corrected chi connectivity index (χ3v) is 5.11. The van der Waals surface area contributed by atoms with Gasteiger partial charge in [0.25, 0.3) is 0 Å². The van der Waals surface area contributed by atoms with Gasteiger partial charge in [0.05, 0.1) is 0 Å². The Balaban J connectivity index is 1.27. The van der Waals surface area contributed by atoms with Crippen molar-refractivity contribution in [2.45, 2.75) is 63.3 Å². The van der Waals surface area contributed by atoms with E-state index in [9.17, 15) is 0 Å². The Morgan fingerprint density at radius 2 is 1.74 bits per heavy atom. The summed E-state index contributed by atoms with van der Waals surface area (Å²) in [5, 5.41) is 3.74. The average molecular weight is 257 g/mol. The van der Waals surface area contributed by atoms with Crippen molar-refractivity contribution >= 4 is 0 Å². The van der Waals surface area contributed by atoms with Crippen LogP contribution < -0.4 is 5.32 Å². The van der Waals surface area contributed by atoms with E-state index in [1.165, 1.54) is 63.5 Å². The largest absolute Gasteiger partial charge is 0.314 e. The van der Waals surface area contributed by atoms with Crippen LogP contribution in [0.1, 0.15) is 62.8 Å². The molecule has 2 saturated carbocycles.